The van der Waals surface area contributed by atoms with Gasteiger partial charge in [-0.25, -0.2) is 4.79 Å². The zero-order valence-electron chi connectivity index (χ0n) is 7.96. The molecule has 0 fully saturated rings. The van der Waals surface area contributed by atoms with Gasteiger partial charge in [0.15, 0.2) is 0 Å². The van der Waals surface area contributed by atoms with Crippen LogP contribution in [-0.4, -0.2) is 16.6 Å². The lowest BCUT2D eigenvalue weighted by Gasteiger charge is -2.03. The zero-order chi connectivity index (χ0) is 9.97. The van der Waals surface area contributed by atoms with E-state index in [1.165, 1.54) is 0 Å². The first-order valence-electron chi connectivity index (χ1n) is 4.64. The van der Waals surface area contributed by atoms with E-state index < -0.39 is 0 Å². The summed E-state index contributed by atoms with van der Waals surface area (Å²) >= 11 is 0. The van der Waals surface area contributed by atoms with Crippen LogP contribution < -0.4 is 10.4 Å². The molecule has 74 valence electrons. The summed E-state index contributed by atoms with van der Waals surface area (Å²) in [5, 5.41) is 0. The molecule has 0 spiro atoms. The van der Waals surface area contributed by atoms with Gasteiger partial charge in [-0.15, -0.1) is 0 Å². The molecule has 1 heterocycles. The minimum absolute atomic E-state index is 0.187. The van der Waals surface area contributed by atoms with Crippen LogP contribution in [0.4, 0.5) is 0 Å². The van der Waals surface area contributed by atoms with Gasteiger partial charge in [0.05, 0.1) is 17.6 Å². The summed E-state index contributed by atoms with van der Waals surface area (Å²) in [7, 11) is 0. The van der Waals surface area contributed by atoms with Crippen LogP contribution in [0.5, 0.6) is 5.75 Å². The largest absolute Gasteiger partial charge is 0.494 e. The summed E-state index contributed by atoms with van der Waals surface area (Å²) in [6, 6.07) is 5.50. The molecular weight excluding hydrogens is 180 g/mol. The first kappa shape index (κ1) is 8.87. The van der Waals surface area contributed by atoms with Crippen molar-refractivity contribution in [2.75, 3.05) is 6.61 Å². The van der Waals surface area contributed by atoms with Gasteiger partial charge in [0.25, 0.3) is 0 Å². The summed E-state index contributed by atoms with van der Waals surface area (Å²) in [6.45, 7) is 2.75. The minimum atomic E-state index is -0.187. The number of hydrogen-bond acceptors (Lipinski definition) is 2. The highest BCUT2D eigenvalue weighted by molar-refractivity contribution is 5.75. The second-order valence-corrected chi connectivity index (χ2v) is 3.13. The highest BCUT2D eigenvalue weighted by Crippen LogP contribution is 2.16. The summed E-state index contributed by atoms with van der Waals surface area (Å²) in [6.07, 6.45) is 0.974. The third-order valence-corrected chi connectivity index (χ3v) is 1.96. The van der Waals surface area contributed by atoms with Gasteiger partial charge in [-0.2, -0.15) is 0 Å². The van der Waals surface area contributed by atoms with E-state index >= 15 is 0 Å². The van der Waals surface area contributed by atoms with Crippen LogP contribution >= 0.6 is 0 Å². The van der Waals surface area contributed by atoms with Crippen molar-refractivity contribution in [2.24, 2.45) is 0 Å². The SMILES string of the molecule is CCCOc1ccc2[nH]c(=O)[nH]c2c1. The molecule has 0 amide bonds. The number of hydrogen-bond donors (Lipinski definition) is 2. The number of ether oxygens (including phenoxy) is 1. The van der Waals surface area contributed by atoms with E-state index in [-0.39, 0.29) is 5.69 Å². The number of fused-ring (bicyclic) bond motifs is 1. The lowest BCUT2D eigenvalue weighted by molar-refractivity contribution is 0.318. The van der Waals surface area contributed by atoms with Crippen LogP contribution in [0.25, 0.3) is 11.0 Å². The molecule has 4 nitrogen and oxygen atoms in total. The number of aromatic amines is 2. The lowest BCUT2D eigenvalue weighted by atomic mass is 10.3. The molecule has 0 saturated heterocycles. The molecule has 0 saturated carbocycles. The van der Waals surface area contributed by atoms with Crippen LogP contribution in [0.15, 0.2) is 23.0 Å². The number of H-pyrrole nitrogens is 2. The van der Waals surface area contributed by atoms with Crippen LogP contribution in [0.2, 0.25) is 0 Å². The van der Waals surface area contributed by atoms with Crippen LogP contribution in [0.3, 0.4) is 0 Å². The van der Waals surface area contributed by atoms with Gasteiger partial charge in [0.1, 0.15) is 5.75 Å². The van der Waals surface area contributed by atoms with E-state index in [0.717, 1.165) is 23.2 Å². The highest BCUT2D eigenvalue weighted by atomic mass is 16.5. The Bertz CT molecular complexity index is 484. The Morgan fingerprint density at radius 3 is 2.86 bits per heavy atom. The average molecular weight is 192 g/mol. The Morgan fingerprint density at radius 1 is 1.29 bits per heavy atom. The molecule has 14 heavy (non-hydrogen) atoms. The number of benzene rings is 1. The number of rotatable bonds is 3. The van der Waals surface area contributed by atoms with Crippen molar-refractivity contribution in [3.8, 4) is 5.75 Å². The fourth-order valence-corrected chi connectivity index (χ4v) is 1.32. The predicted molar refractivity (Wildman–Crippen MR) is 54.7 cm³/mol. The van der Waals surface area contributed by atoms with Gasteiger partial charge in [-0.05, 0) is 18.6 Å². The molecule has 0 aliphatic heterocycles. The smallest absolute Gasteiger partial charge is 0.323 e. The van der Waals surface area contributed by atoms with Crippen molar-refractivity contribution in [2.45, 2.75) is 13.3 Å². The summed E-state index contributed by atoms with van der Waals surface area (Å²) < 4.78 is 5.44. The Balaban J connectivity index is 2.35. The number of nitrogens with one attached hydrogen (secondary N) is 2. The Morgan fingerprint density at radius 2 is 2.07 bits per heavy atom. The quantitative estimate of drug-likeness (QED) is 0.776. The molecule has 0 aliphatic rings. The van der Waals surface area contributed by atoms with E-state index in [4.69, 9.17) is 4.74 Å². The third-order valence-electron chi connectivity index (χ3n) is 1.96. The summed E-state index contributed by atoms with van der Waals surface area (Å²) in [4.78, 5) is 16.3. The maximum Gasteiger partial charge on any atom is 0.323 e. The molecule has 1 aromatic carbocycles. The van der Waals surface area contributed by atoms with Crippen molar-refractivity contribution >= 4 is 11.0 Å². The second-order valence-electron chi connectivity index (χ2n) is 3.13. The van der Waals surface area contributed by atoms with Gasteiger partial charge in [-0.3, -0.25) is 0 Å². The van der Waals surface area contributed by atoms with Crippen LogP contribution in [-0.2, 0) is 0 Å². The van der Waals surface area contributed by atoms with E-state index in [1.54, 1.807) is 0 Å². The van der Waals surface area contributed by atoms with Crippen molar-refractivity contribution in [3.63, 3.8) is 0 Å². The Hall–Kier alpha value is -1.71. The van der Waals surface area contributed by atoms with Gasteiger partial charge in [0, 0.05) is 6.07 Å². The Labute approximate surface area is 80.9 Å². The van der Waals surface area contributed by atoms with Crippen LogP contribution in [0.1, 0.15) is 13.3 Å². The normalized spacial score (nSPS) is 10.6. The van der Waals surface area contributed by atoms with E-state index in [1.807, 2.05) is 18.2 Å². The van der Waals surface area contributed by atoms with E-state index in [0.29, 0.717) is 6.61 Å². The van der Waals surface area contributed by atoms with Gasteiger partial charge < -0.3 is 14.7 Å². The van der Waals surface area contributed by atoms with Crippen molar-refractivity contribution < 1.29 is 4.74 Å². The monoisotopic (exact) mass is 192 g/mol. The first-order valence-corrected chi connectivity index (χ1v) is 4.64. The fraction of sp³-hybridized carbons (Fsp3) is 0.300. The molecule has 2 aromatic rings. The molecule has 0 radical (unpaired) electrons. The number of aromatic nitrogens is 2. The average Bonchev–Trinajstić information content (AvgIpc) is 2.54. The van der Waals surface area contributed by atoms with Crippen molar-refractivity contribution in [1.82, 2.24) is 9.97 Å². The highest BCUT2D eigenvalue weighted by Gasteiger charge is 1.99. The standard InChI is InChI=1S/C10H12N2O2/c1-2-5-14-7-3-4-8-9(6-7)12-10(13)11-8/h3-4,6H,2,5H2,1H3,(H2,11,12,13). The van der Waals surface area contributed by atoms with Gasteiger partial charge in [-0.1, -0.05) is 6.92 Å². The van der Waals surface area contributed by atoms with Gasteiger partial charge in [0.2, 0.25) is 0 Å². The van der Waals surface area contributed by atoms with Crippen molar-refractivity contribution in [1.29, 1.82) is 0 Å². The van der Waals surface area contributed by atoms with E-state index in [2.05, 4.69) is 16.9 Å². The zero-order valence-corrected chi connectivity index (χ0v) is 7.96. The fourth-order valence-electron chi connectivity index (χ4n) is 1.32. The lowest BCUT2D eigenvalue weighted by Crippen LogP contribution is -1.99. The molecule has 4 heteroatoms. The van der Waals surface area contributed by atoms with E-state index in [9.17, 15) is 4.79 Å². The summed E-state index contributed by atoms with van der Waals surface area (Å²) in [5.41, 5.74) is 1.40. The third kappa shape index (κ3) is 1.64. The molecule has 2 N–H and O–H groups in total. The molecule has 0 aliphatic carbocycles. The Kier molecular flexibility index (Phi) is 2.26. The minimum Gasteiger partial charge on any atom is -0.494 e. The van der Waals surface area contributed by atoms with Crippen molar-refractivity contribution in [3.05, 3.63) is 28.7 Å². The molecule has 0 unspecified atom stereocenters. The summed E-state index contributed by atoms with van der Waals surface area (Å²) in [5.74, 6) is 0.787. The molecule has 0 bridgehead atoms. The molecule has 2 rings (SSSR count). The molecule has 0 atom stereocenters. The first-order chi connectivity index (χ1) is 6.79. The topological polar surface area (TPSA) is 57.9 Å². The van der Waals surface area contributed by atoms with Gasteiger partial charge >= 0.3 is 5.69 Å². The molecule has 1 aromatic heterocycles. The molecular formula is C10H12N2O2. The van der Waals surface area contributed by atoms with Crippen LogP contribution in [0, 0.1) is 0 Å². The maximum atomic E-state index is 11.0. The second kappa shape index (κ2) is 3.57. The number of imidazole rings is 1. The predicted octanol–water partition coefficient (Wildman–Crippen LogP) is 1.64. The maximum absolute atomic E-state index is 11.0.